The third-order valence-electron chi connectivity index (χ3n) is 2.89. The number of nitrogens with two attached hydrogens (primary N) is 1. The van der Waals surface area contributed by atoms with Crippen LogP contribution in [0.1, 0.15) is 31.7 Å². The molecule has 1 aromatic carbocycles. The molecule has 2 rings (SSSR count). The van der Waals surface area contributed by atoms with Crippen molar-refractivity contribution in [1.82, 2.24) is 0 Å². The highest BCUT2D eigenvalue weighted by molar-refractivity contribution is 7.99. The van der Waals surface area contributed by atoms with Gasteiger partial charge in [-0.05, 0) is 36.3 Å². The predicted molar refractivity (Wildman–Crippen MR) is 73.4 cm³/mol. The third-order valence-corrected chi connectivity index (χ3v) is 4.04. The smallest absolute Gasteiger partial charge is 0.224 e. The fourth-order valence-electron chi connectivity index (χ4n) is 1.88. The molecule has 1 aromatic rings. The van der Waals surface area contributed by atoms with Crippen LogP contribution in [-0.4, -0.2) is 11.7 Å². The van der Waals surface area contributed by atoms with Crippen molar-refractivity contribution < 1.29 is 4.79 Å². The summed E-state index contributed by atoms with van der Waals surface area (Å²) < 4.78 is 0. The molecule has 1 heterocycles. The van der Waals surface area contributed by atoms with E-state index >= 15 is 0 Å². The number of carbonyl (C=O) groups excluding carboxylic acids is 1. The first-order chi connectivity index (χ1) is 8.20. The minimum absolute atomic E-state index is 0.103. The van der Waals surface area contributed by atoms with Crippen LogP contribution in [0.4, 0.5) is 11.4 Å². The number of thioether (sulfide) groups is 1. The molecule has 0 saturated carbocycles. The monoisotopic (exact) mass is 250 g/mol. The van der Waals surface area contributed by atoms with Gasteiger partial charge in [0.1, 0.15) is 0 Å². The molecular formula is C13H18N2OS. The minimum Gasteiger partial charge on any atom is -0.398 e. The quantitative estimate of drug-likeness (QED) is 0.490. The van der Waals surface area contributed by atoms with E-state index in [1.807, 2.05) is 12.1 Å². The normalized spacial score (nSPS) is 14.3. The summed E-state index contributed by atoms with van der Waals surface area (Å²) in [7, 11) is 0. The Balaban J connectivity index is 2.17. The number of hydrogen-bond donors (Lipinski definition) is 2. The molecule has 1 amide bonds. The number of anilines is 2. The molecule has 92 valence electrons. The summed E-state index contributed by atoms with van der Waals surface area (Å²) in [5.41, 5.74) is 8.96. The van der Waals surface area contributed by atoms with Crippen LogP contribution in [0.5, 0.6) is 0 Å². The molecule has 17 heavy (non-hydrogen) atoms. The molecule has 1 aliphatic rings. The van der Waals surface area contributed by atoms with E-state index < -0.39 is 0 Å². The van der Waals surface area contributed by atoms with Crippen LogP contribution in [0.2, 0.25) is 0 Å². The fraction of sp³-hybridized carbons (Fsp3) is 0.462. The number of fused-ring (bicyclic) bond motifs is 1. The number of aryl methyl sites for hydroxylation is 1. The van der Waals surface area contributed by atoms with Crippen LogP contribution in [0.3, 0.4) is 0 Å². The van der Waals surface area contributed by atoms with Crippen molar-refractivity contribution >= 4 is 29.0 Å². The Labute approximate surface area is 106 Å². The number of nitrogen functional groups attached to an aromatic ring is 1. The fourth-order valence-corrected chi connectivity index (χ4v) is 2.96. The van der Waals surface area contributed by atoms with Crippen LogP contribution >= 0.6 is 11.8 Å². The first-order valence-electron chi connectivity index (χ1n) is 6.05. The molecule has 0 fully saturated rings. The van der Waals surface area contributed by atoms with Gasteiger partial charge in [-0.2, -0.15) is 0 Å². The molecule has 0 unspecified atom stereocenters. The lowest BCUT2D eigenvalue weighted by Gasteiger charge is -2.19. The summed E-state index contributed by atoms with van der Waals surface area (Å²) in [6.07, 6.45) is 3.74. The zero-order valence-corrected chi connectivity index (χ0v) is 10.9. The Morgan fingerprint density at radius 3 is 3.00 bits per heavy atom. The van der Waals surface area contributed by atoms with E-state index in [-0.39, 0.29) is 5.91 Å². The van der Waals surface area contributed by atoms with Crippen LogP contribution in [0.15, 0.2) is 17.0 Å². The zero-order valence-electron chi connectivity index (χ0n) is 10.1. The maximum Gasteiger partial charge on any atom is 0.224 e. The number of benzene rings is 1. The summed E-state index contributed by atoms with van der Waals surface area (Å²) in [4.78, 5) is 12.4. The maximum atomic E-state index is 11.3. The molecule has 3 nitrogen and oxygen atoms in total. The first-order valence-corrected chi connectivity index (χ1v) is 7.04. The molecule has 4 heteroatoms. The SMILES string of the molecule is CCCCSc1cc2c(cc1N)CCC(=O)N2. The lowest BCUT2D eigenvalue weighted by atomic mass is 10.0. The number of hydrogen-bond acceptors (Lipinski definition) is 3. The van der Waals surface area contributed by atoms with E-state index in [1.54, 1.807) is 11.8 Å². The second-order valence-corrected chi connectivity index (χ2v) is 5.43. The van der Waals surface area contributed by atoms with Gasteiger partial charge in [-0.15, -0.1) is 11.8 Å². The van der Waals surface area contributed by atoms with Gasteiger partial charge >= 0.3 is 0 Å². The Kier molecular flexibility index (Phi) is 3.94. The molecule has 0 radical (unpaired) electrons. The van der Waals surface area contributed by atoms with Crippen molar-refractivity contribution in [2.75, 3.05) is 16.8 Å². The Morgan fingerprint density at radius 1 is 1.41 bits per heavy atom. The molecule has 0 atom stereocenters. The Hall–Kier alpha value is -1.16. The second-order valence-electron chi connectivity index (χ2n) is 4.30. The summed E-state index contributed by atoms with van der Waals surface area (Å²) in [5.74, 6) is 1.18. The van der Waals surface area contributed by atoms with E-state index in [2.05, 4.69) is 12.2 Å². The van der Waals surface area contributed by atoms with E-state index in [1.165, 1.54) is 12.8 Å². The van der Waals surface area contributed by atoms with Gasteiger partial charge in [0.25, 0.3) is 0 Å². The number of rotatable bonds is 4. The van der Waals surface area contributed by atoms with Crippen LogP contribution in [0, 0.1) is 0 Å². The topological polar surface area (TPSA) is 55.1 Å². The highest BCUT2D eigenvalue weighted by Crippen LogP contribution is 2.33. The average Bonchev–Trinajstić information content (AvgIpc) is 2.31. The van der Waals surface area contributed by atoms with Crippen molar-refractivity contribution in [2.24, 2.45) is 0 Å². The van der Waals surface area contributed by atoms with Crippen LogP contribution < -0.4 is 11.1 Å². The van der Waals surface area contributed by atoms with Crippen molar-refractivity contribution in [3.05, 3.63) is 17.7 Å². The lowest BCUT2D eigenvalue weighted by Crippen LogP contribution is -2.19. The van der Waals surface area contributed by atoms with Gasteiger partial charge in [0.15, 0.2) is 0 Å². The van der Waals surface area contributed by atoms with Gasteiger partial charge in [0, 0.05) is 22.7 Å². The van der Waals surface area contributed by atoms with Gasteiger partial charge in [-0.3, -0.25) is 4.79 Å². The molecule has 0 aromatic heterocycles. The van der Waals surface area contributed by atoms with Gasteiger partial charge in [-0.1, -0.05) is 13.3 Å². The van der Waals surface area contributed by atoms with Crippen molar-refractivity contribution in [3.63, 3.8) is 0 Å². The average molecular weight is 250 g/mol. The van der Waals surface area contributed by atoms with Crippen molar-refractivity contribution in [2.45, 2.75) is 37.5 Å². The highest BCUT2D eigenvalue weighted by atomic mass is 32.2. The van der Waals surface area contributed by atoms with Crippen molar-refractivity contribution in [1.29, 1.82) is 0 Å². The summed E-state index contributed by atoms with van der Waals surface area (Å²) in [5, 5.41) is 2.91. The molecular weight excluding hydrogens is 232 g/mol. The highest BCUT2D eigenvalue weighted by Gasteiger charge is 2.16. The van der Waals surface area contributed by atoms with Gasteiger partial charge < -0.3 is 11.1 Å². The van der Waals surface area contributed by atoms with Crippen molar-refractivity contribution in [3.8, 4) is 0 Å². The zero-order chi connectivity index (χ0) is 12.3. The molecule has 1 aliphatic heterocycles. The Morgan fingerprint density at radius 2 is 2.24 bits per heavy atom. The maximum absolute atomic E-state index is 11.3. The van der Waals surface area contributed by atoms with Gasteiger partial charge in [0.2, 0.25) is 5.91 Å². The lowest BCUT2D eigenvalue weighted by molar-refractivity contribution is -0.116. The molecule has 0 bridgehead atoms. The van der Waals surface area contributed by atoms with E-state index in [0.717, 1.165) is 34.0 Å². The Bertz CT molecular complexity index is 432. The van der Waals surface area contributed by atoms with Gasteiger partial charge in [-0.25, -0.2) is 0 Å². The number of amides is 1. The number of unbranched alkanes of at least 4 members (excludes halogenated alkanes) is 1. The number of nitrogens with one attached hydrogen (secondary N) is 1. The summed E-state index contributed by atoms with van der Waals surface area (Å²) in [6, 6.07) is 4.02. The van der Waals surface area contributed by atoms with Crippen LogP contribution in [0.25, 0.3) is 0 Å². The summed E-state index contributed by atoms with van der Waals surface area (Å²) >= 11 is 1.77. The van der Waals surface area contributed by atoms with E-state index in [9.17, 15) is 4.79 Å². The third kappa shape index (κ3) is 2.94. The molecule has 3 N–H and O–H groups in total. The largest absolute Gasteiger partial charge is 0.398 e. The number of carbonyl (C=O) groups is 1. The standard InChI is InChI=1S/C13H18N2OS/c1-2-3-6-17-12-8-11-9(7-10(12)14)4-5-13(16)15-11/h7-8H,2-6,14H2,1H3,(H,15,16). The van der Waals surface area contributed by atoms with Gasteiger partial charge in [0.05, 0.1) is 0 Å². The molecule has 0 aliphatic carbocycles. The second kappa shape index (κ2) is 5.45. The first kappa shape index (κ1) is 12.3. The summed E-state index contributed by atoms with van der Waals surface area (Å²) in [6.45, 7) is 2.18. The predicted octanol–water partition coefficient (Wildman–Crippen LogP) is 3.05. The minimum atomic E-state index is 0.103. The van der Waals surface area contributed by atoms with Crippen LogP contribution in [-0.2, 0) is 11.2 Å². The van der Waals surface area contributed by atoms with E-state index in [4.69, 9.17) is 5.73 Å². The molecule has 0 saturated heterocycles. The van der Waals surface area contributed by atoms with E-state index in [0.29, 0.717) is 6.42 Å². The molecule has 0 spiro atoms.